The number of benzene rings is 2. The Hall–Kier alpha value is -3.93. The molecule has 1 saturated heterocycles. The van der Waals surface area contributed by atoms with Crippen LogP contribution in [0, 0.1) is 5.82 Å². The van der Waals surface area contributed by atoms with E-state index in [0.717, 1.165) is 25.2 Å². The van der Waals surface area contributed by atoms with Gasteiger partial charge in [0.2, 0.25) is 11.9 Å². The number of methoxy groups -OCH3 is 1. The number of hydrogen-bond donors (Lipinski definition) is 4. The van der Waals surface area contributed by atoms with Crippen LogP contribution in [0.15, 0.2) is 49.2 Å². The van der Waals surface area contributed by atoms with Crippen molar-refractivity contribution < 1.29 is 19.0 Å². The molecule has 4 rings (SSSR count). The zero-order chi connectivity index (χ0) is 29.9. The Labute approximate surface area is 244 Å². The molecule has 0 aliphatic carbocycles. The molecule has 4 N–H and O–H groups in total. The number of anilines is 6. The summed E-state index contributed by atoms with van der Waals surface area (Å²) in [6.45, 7) is 8.30. The smallest absolute Gasteiger partial charge is 0.247 e. The number of rotatable bonds is 10. The Balaban J connectivity index is 1.66. The number of halogens is 2. The standard InChI is InChI=1S/C29H35ClFN7O3/c1-7-27(39)34-22-14-23(25(41-6)15-24(22)38-11-9-17(16-38)37(4)5)35-28-32-10-8-26(36-28)33-21-13-19(30)20(31)12-18(21)29(2,3)40/h7-8,10,12-15,17,40H,1,9,11,16H2,2-6H3,(H,34,39)(H2,32,33,35,36)/t17-/m1/s1. The highest BCUT2D eigenvalue weighted by atomic mass is 35.5. The maximum atomic E-state index is 14.2. The molecule has 41 heavy (non-hydrogen) atoms. The molecule has 1 fully saturated rings. The molecule has 1 aromatic heterocycles. The summed E-state index contributed by atoms with van der Waals surface area (Å²) < 4.78 is 19.9. The summed E-state index contributed by atoms with van der Waals surface area (Å²) in [4.78, 5) is 25.6. The summed E-state index contributed by atoms with van der Waals surface area (Å²) in [6.07, 6.45) is 3.75. The molecule has 0 unspecified atom stereocenters. The first-order chi connectivity index (χ1) is 19.4. The highest BCUT2D eigenvalue weighted by molar-refractivity contribution is 6.31. The molecular weight excluding hydrogens is 549 g/mol. The predicted octanol–water partition coefficient (Wildman–Crippen LogP) is 5.26. The summed E-state index contributed by atoms with van der Waals surface area (Å²) in [6, 6.07) is 8.25. The van der Waals surface area contributed by atoms with Crippen LogP contribution in [0.5, 0.6) is 5.75 Å². The van der Waals surface area contributed by atoms with Gasteiger partial charge in [-0.2, -0.15) is 4.98 Å². The fourth-order valence-electron chi connectivity index (χ4n) is 4.67. The minimum Gasteiger partial charge on any atom is -0.494 e. The van der Waals surface area contributed by atoms with Crippen LogP contribution in [0.1, 0.15) is 25.8 Å². The monoisotopic (exact) mass is 583 g/mol. The van der Waals surface area contributed by atoms with Gasteiger partial charge in [0, 0.05) is 42.6 Å². The van der Waals surface area contributed by atoms with Crippen molar-refractivity contribution >= 4 is 52.0 Å². The quantitative estimate of drug-likeness (QED) is 0.237. The topological polar surface area (TPSA) is 115 Å². The third kappa shape index (κ3) is 7.05. The summed E-state index contributed by atoms with van der Waals surface area (Å²) in [5.41, 5.74) is 1.30. The lowest BCUT2D eigenvalue weighted by Crippen LogP contribution is -2.31. The van der Waals surface area contributed by atoms with Gasteiger partial charge in [0.05, 0.1) is 34.8 Å². The van der Waals surface area contributed by atoms with E-state index in [9.17, 15) is 14.3 Å². The van der Waals surface area contributed by atoms with Crippen LogP contribution in [0.25, 0.3) is 0 Å². The number of carbonyl (C=O) groups excluding carboxylic acids is 1. The van der Waals surface area contributed by atoms with Gasteiger partial charge < -0.3 is 35.6 Å². The van der Waals surface area contributed by atoms with Crippen molar-refractivity contribution in [1.29, 1.82) is 0 Å². The van der Waals surface area contributed by atoms with Gasteiger partial charge in [-0.3, -0.25) is 4.79 Å². The number of aliphatic hydroxyl groups is 1. The molecule has 0 spiro atoms. The van der Waals surface area contributed by atoms with Crippen molar-refractivity contribution in [1.82, 2.24) is 14.9 Å². The lowest BCUT2D eigenvalue weighted by molar-refractivity contribution is -0.111. The molecule has 3 aromatic rings. The third-order valence-electron chi connectivity index (χ3n) is 6.88. The number of hydrogen-bond acceptors (Lipinski definition) is 9. The van der Waals surface area contributed by atoms with Crippen molar-refractivity contribution in [3.05, 3.63) is 65.6 Å². The highest BCUT2D eigenvalue weighted by Gasteiger charge is 2.27. The van der Waals surface area contributed by atoms with Crippen molar-refractivity contribution in [3.8, 4) is 5.75 Å². The molecule has 1 aliphatic rings. The van der Waals surface area contributed by atoms with Crippen LogP contribution in [0.3, 0.4) is 0 Å². The van der Waals surface area contributed by atoms with Gasteiger partial charge in [0.25, 0.3) is 0 Å². The van der Waals surface area contributed by atoms with Gasteiger partial charge in [0.1, 0.15) is 17.4 Å². The number of amides is 1. The molecule has 1 aliphatic heterocycles. The molecule has 12 heteroatoms. The van der Waals surface area contributed by atoms with E-state index in [4.69, 9.17) is 16.3 Å². The zero-order valence-electron chi connectivity index (χ0n) is 23.8. The fraction of sp³-hybridized carbons (Fsp3) is 0.345. The van der Waals surface area contributed by atoms with E-state index in [1.807, 2.05) is 6.07 Å². The maximum absolute atomic E-state index is 14.2. The van der Waals surface area contributed by atoms with Crippen LogP contribution in [-0.4, -0.2) is 66.2 Å². The third-order valence-corrected chi connectivity index (χ3v) is 7.17. The average Bonchev–Trinajstić information content (AvgIpc) is 3.41. The van der Waals surface area contributed by atoms with Gasteiger partial charge in [-0.25, -0.2) is 9.37 Å². The number of aromatic nitrogens is 2. The molecule has 0 saturated carbocycles. The van der Waals surface area contributed by atoms with E-state index in [2.05, 4.69) is 56.4 Å². The van der Waals surface area contributed by atoms with E-state index < -0.39 is 11.4 Å². The molecule has 1 amide bonds. The first-order valence-electron chi connectivity index (χ1n) is 13.1. The first-order valence-corrected chi connectivity index (χ1v) is 13.4. The van der Waals surface area contributed by atoms with E-state index >= 15 is 0 Å². The SMILES string of the molecule is C=CC(=O)Nc1cc(Nc2nccc(Nc3cc(Cl)c(F)cc3C(C)(C)O)n2)c(OC)cc1N1CC[C@@H](N(C)C)C1. The fourth-order valence-corrected chi connectivity index (χ4v) is 4.83. The Morgan fingerprint density at radius 2 is 2.00 bits per heavy atom. The molecular formula is C29H35ClFN7O3. The molecule has 10 nitrogen and oxygen atoms in total. The molecule has 2 aromatic carbocycles. The Kier molecular flexibility index (Phi) is 9.01. The predicted molar refractivity (Wildman–Crippen MR) is 161 cm³/mol. The van der Waals surface area contributed by atoms with Gasteiger partial charge in [0.15, 0.2) is 0 Å². The Morgan fingerprint density at radius 3 is 2.63 bits per heavy atom. The van der Waals surface area contributed by atoms with Crippen LogP contribution < -0.4 is 25.6 Å². The lowest BCUT2D eigenvalue weighted by Gasteiger charge is -2.25. The van der Waals surface area contributed by atoms with Crippen LogP contribution in [0.4, 0.5) is 38.9 Å². The number of ether oxygens (including phenoxy) is 1. The molecule has 0 radical (unpaired) electrons. The molecule has 2 heterocycles. The summed E-state index contributed by atoms with van der Waals surface area (Å²) >= 11 is 6.02. The highest BCUT2D eigenvalue weighted by Crippen LogP contribution is 2.40. The van der Waals surface area contributed by atoms with Crippen molar-refractivity contribution in [3.63, 3.8) is 0 Å². The van der Waals surface area contributed by atoms with Gasteiger partial charge in [-0.15, -0.1) is 0 Å². The number of nitrogens with one attached hydrogen (secondary N) is 3. The van der Waals surface area contributed by atoms with E-state index in [1.165, 1.54) is 18.2 Å². The molecule has 1 atom stereocenters. The minimum absolute atomic E-state index is 0.0956. The number of nitrogens with zero attached hydrogens (tertiary/aromatic N) is 4. The van der Waals surface area contributed by atoms with Gasteiger partial charge >= 0.3 is 0 Å². The Bertz CT molecular complexity index is 1440. The van der Waals surface area contributed by atoms with Crippen molar-refractivity contribution in [2.75, 3.05) is 55.1 Å². The largest absolute Gasteiger partial charge is 0.494 e. The first kappa shape index (κ1) is 30.0. The normalized spacial score (nSPS) is 15.1. The summed E-state index contributed by atoms with van der Waals surface area (Å²) in [5.74, 6) is 0.155. The van der Waals surface area contributed by atoms with Crippen LogP contribution >= 0.6 is 11.6 Å². The lowest BCUT2D eigenvalue weighted by atomic mass is 9.96. The van der Waals surface area contributed by atoms with E-state index in [1.54, 1.807) is 39.3 Å². The second-order valence-corrected chi connectivity index (χ2v) is 10.9. The second kappa shape index (κ2) is 12.3. The van der Waals surface area contributed by atoms with Crippen LogP contribution in [0.2, 0.25) is 5.02 Å². The van der Waals surface area contributed by atoms with E-state index in [0.29, 0.717) is 40.2 Å². The van der Waals surface area contributed by atoms with Gasteiger partial charge in [-0.05, 0) is 64.7 Å². The van der Waals surface area contributed by atoms with Gasteiger partial charge in [-0.1, -0.05) is 18.2 Å². The maximum Gasteiger partial charge on any atom is 0.247 e. The van der Waals surface area contributed by atoms with Crippen molar-refractivity contribution in [2.24, 2.45) is 0 Å². The summed E-state index contributed by atoms with van der Waals surface area (Å²) in [7, 11) is 5.68. The minimum atomic E-state index is -1.34. The zero-order valence-corrected chi connectivity index (χ0v) is 24.5. The average molecular weight is 584 g/mol. The molecule has 218 valence electrons. The number of carbonyl (C=O) groups is 1. The van der Waals surface area contributed by atoms with E-state index in [-0.39, 0.29) is 16.9 Å². The summed E-state index contributed by atoms with van der Waals surface area (Å²) in [5, 5.41) is 19.6. The molecule has 0 bridgehead atoms. The van der Waals surface area contributed by atoms with Crippen molar-refractivity contribution in [2.45, 2.75) is 31.9 Å². The second-order valence-electron chi connectivity index (χ2n) is 10.5. The number of likely N-dealkylation sites (N-methyl/N-ethyl adjacent to an activating group) is 1. The van der Waals surface area contributed by atoms with Crippen LogP contribution in [-0.2, 0) is 10.4 Å². The Morgan fingerprint density at radius 1 is 1.24 bits per heavy atom.